The number of fused-ring (bicyclic) bond motifs is 1. The predicted octanol–water partition coefficient (Wildman–Crippen LogP) is 2.10. The molecule has 1 aromatic rings. The van der Waals surface area contributed by atoms with Crippen LogP contribution in [-0.4, -0.2) is 23.2 Å². The molecule has 1 aromatic carbocycles. The van der Waals surface area contributed by atoms with Gasteiger partial charge in [0.2, 0.25) is 0 Å². The Kier molecular flexibility index (Phi) is 3.66. The molecule has 0 spiro atoms. The number of ether oxygens (including phenoxy) is 1. The lowest BCUT2D eigenvalue weighted by Gasteiger charge is -2.23. The minimum atomic E-state index is -0.505. The summed E-state index contributed by atoms with van der Waals surface area (Å²) in [5.41, 5.74) is 2.13. The van der Waals surface area contributed by atoms with Crippen molar-refractivity contribution in [2.24, 2.45) is 0 Å². The van der Waals surface area contributed by atoms with Crippen molar-refractivity contribution < 1.29 is 14.6 Å². The van der Waals surface area contributed by atoms with Gasteiger partial charge in [0.1, 0.15) is 5.75 Å². The van der Waals surface area contributed by atoms with E-state index in [2.05, 4.69) is 5.32 Å². The van der Waals surface area contributed by atoms with Crippen molar-refractivity contribution in [2.75, 3.05) is 0 Å². The highest BCUT2D eigenvalue weighted by atomic mass is 16.5. The summed E-state index contributed by atoms with van der Waals surface area (Å²) in [6.07, 6.45) is 4.06. The number of benzene rings is 1. The van der Waals surface area contributed by atoms with Gasteiger partial charge in [-0.1, -0.05) is 6.07 Å². The molecule has 1 amide bonds. The maximum Gasteiger partial charge on any atom is 0.260 e. The first-order valence-corrected chi connectivity index (χ1v) is 7.41. The zero-order valence-electron chi connectivity index (χ0n) is 11.8. The van der Waals surface area contributed by atoms with Crippen LogP contribution < -0.4 is 10.1 Å². The van der Waals surface area contributed by atoms with Crippen LogP contribution in [0.15, 0.2) is 18.2 Å². The Bertz CT molecular complexity index is 510. The third kappa shape index (κ3) is 2.96. The quantitative estimate of drug-likeness (QED) is 0.884. The van der Waals surface area contributed by atoms with E-state index in [9.17, 15) is 9.90 Å². The van der Waals surface area contributed by atoms with Crippen LogP contribution in [0.1, 0.15) is 49.8 Å². The van der Waals surface area contributed by atoms with Gasteiger partial charge < -0.3 is 15.2 Å². The Labute approximate surface area is 119 Å². The van der Waals surface area contributed by atoms with Crippen LogP contribution in [-0.2, 0) is 11.2 Å². The van der Waals surface area contributed by atoms with Crippen LogP contribution in [0.2, 0.25) is 0 Å². The van der Waals surface area contributed by atoms with Crippen molar-refractivity contribution in [3.8, 4) is 5.75 Å². The summed E-state index contributed by atoms with van der Waals surface area (Å²) < 4.78 is 5.70. The fourth-order valence-corrected chi connectivity index (χ4v) is 2.63. The summed E-state index contributed by atoms with van der Waals surface area (Å²) in [6, 6.07) is 6.11. The molecular weight excluding hydrogens is 254 g/mol. The minimum absolute atomic E-state index is 0.0641. The van der Waals surface area contributed by atoms with Crippen molar-refractivity contribution in [1.82, 2.24) is 5.32 Å². The van der Waals surface area contributed by atoms with Crippen LogP contribution in [0.3, 0.4) is 0 Å². The fraction of sp³-hybridized carbons (Fsp3) is 0.562. The molecule has 0 aliphatic heterocycles. The summed E-state index contributed by atoms with van der Waals surface area (Å²) in [7, 11) is 0. The summed E-state index contributed by atoms with van der Waals surface area (Å²) in [4.78, 5) is 11.9. The number of hydrogen-bond acceptors (Lipinski definition) is 3. The van der Waals surface area contributed by atoms with Gasteiger partial charge in [0, 0.05) is 6.04 Å². The third-order valence-corrected chi connectivity index (χ3v) is 4.01. The van der Waals surface area contributed by atoms with Gasteiger partial charge in [-0.2, -0.15) is 0 Å². The van der Waals surface area contributed by atoms with Gasteiger partial charge in [0.25, 0.3) is 5.91 Å². The number of aryl methyl sites for hydroxylation is 1. The molecule has 2 aliphatic carbocycles. The third-order valence-electron chi connectivity index (χ3n) is 4.01. The van der Waals surface area contributed by atoms with Gasteiger partial charge in [-0.05, 0) is 62.3 Å². The second-order valence-electron chi connectivity index (χ2n) is 5.81. The SMILES string of the molecule is CC(Oc1ccc2c(c1)C(O)CCC2)C(=O)NC1CC1. The number of carbonyl (C=O) groups is 1. The highest BCUT2D eigenvalue weighted by Crippen LogP contribution is 2.32. The lowest BCUT2D eigenvalue weighted by atomic mass is 9.89. The van der Waals surface area contributed by atoms with E-state index < -0.39 is 12.2 Å². The lowest BCUT2D eigenvalue weighted by Crippen LogP contribution is -2.37. The summed E-state index contributed by atoms with van der Waals surface area (Å²) >= 11 is 0. The van der Waals surface area contributed by atoms with Crippen LogP contribution in [0, 0.1) is 0 Å². The number of nitrogens with one attached hydrogen (secondary N) is 1. The number of carbonyl (C=O) groups excluding carboxylic acids is 1. The van der Waals surface area contributed by atoms with E-state index in [0.29, 0.717) is 11.8 Å². The molecule has 0 saturated heterocycles. The average molecular weight is 275 g/mol. The molecule has 0 aromatic heterocycles. The summed E-state index contributed by atoms with van der Waals surface area (Å²) in [6.45, 7) is 1.76. The Morgan fingerprint density at radius 2 is 2.20 bits per heavy atom. The van der Waals surface area contributed by atoms with E-state index in [1.54, 1.807) is 6.92 Å². The average Bonchev–Trinajstić information content (AvgIpc) is 3.23. The Morgan fingerprint density at radius 1 is 1.40 bits per heavy atom. The fourth-order valence-electron chi connectivity index (χ4n) is 2.63. The van der Waals surface area contributed by atoms with Crippen LogP contribution in [0.25, 0.3) is 0 Å². The zero-order chi connectivity index (χ0) is 14.1. The zero-order valence-corrected chi connectivity index (χ0v) is 11.8. The number of hydrogen-bond donors (Lipinski definition) is 2. The number of aliphatic hydroxyl groups excluding tert-OH is 1. The van der Waals surface area contributed by atoms with Gasteiger partial charge in [-0.25, -0.2) is 0 Å². The van der Waals surface area contributed by atoms with Crippen molar-refractivity contribution in [1.29, 1.82) is 0 Å². The summed E-state index contributed by atoms with van der Waals surface area (Å²) in [5.74, 6) is 0.592. The number of aliphatic hydroxyl groups is 1. The monoisotopic (exact) mass is 275 g/mol. The smallest absolute Gasteiger partial charge is 0.260 e. The van der Waals surface area contributed by atoms with Gasteiger partial charge >= 0.3 is 0 Å². The molecule has 0 radical (unpaired) electrons. The molecule has 0 heterocycles. The van der Waals surface area contributed by atoms with Gasteiger partial charge in [0.05, 0.1) is 6.10 Å². The predicted molar refractivity (Wildman–Crippen MR) is 75.6 cm³/mol. The Hall–Kier alpha value is -1.55. The van der Waals surface area contributed by atoms with Gasteiger partial charge in [-0.15, -0.1) is 0 Å². The summed E-state index contributed by atoms with van der Waals surface area (Å²) in [5, 5.41) is 13.0. The van der Waals surface area contributed by atoms with E-state index >= 15 is 0 Å². The molecule has 3 rings (SSSR count). The molecule has 1 saturated carbocycles. The molecule has 2 atom stereocenters. The molecular formula is C16H21NO3. The molecule has 2 unspecified atom stereocenters. The largest absolute Gasteiger partial charge is 0.481 e. The van der Waals surface area contributed by atoms with Crippen LogP contribution >= 0.6 is 0 Å². The number of amides is 1. The first-order chi connectivity index (χ1) is 9.63. The van der Waals surface area contributed by atoms with E-state index in [1.807, 2.05) is 18.2 Å². The van der Waals surface area contributed by atoms with E-state index in [1.165, 1.54) is 5.56 Å². The normalized spacial score (nSPS) is 22.8. The standard InChI is InChI=1S/C16H21NO3/c1-10(16(19)17-12-6-7-12)20-13-8-5-11-3-2-4-15(18)14(11)9-13/h5,8-10,12,15,18H,2-4,6-7H2,1H3,(H,17,19). The van der Waals surface area contributed by atoms with E-state index in [0.717, 1.165) is 37.7 Å². The first kappa shape index (κ1) is 13.4. The highest BCUT2D eigenvalue weighted by molar-refractivity contribution is 5.81. The maximum atomic E-state index is 11.9. The van der Waals surface area contributed by atoms with Gasteiger partial charge in [-0.3, -0.25) is 4.79 Å². The second kappa shape index (κ2) is 5.44. The molecule has 1 fully saturated rings. The molecule has 4 nitrogen and oxygen atoms in total. The molecule has 2 N–H and O–H groups in total. The number of rotatable bonds is 4. The Morgan fingerprint density at radius 3 is 2.95 bits per heavy atom. The minimum Gasteiger partial charge on any atom is -0.481 e. The topological polar surface area (TPSA) is 58.6 Å². The van der Waals surface area contributed by atoms with E-state index in [4.69, 9.17) is 4.74 Å². The first-order valence-electron chi connectivity index (χ1n) is 7.41. The van der Waals surface area contributed by atoms with Crippen LogP contribution in [0.4, 0.5) is 0 Å². The second-order valence-corrected chi connectivity index (χ2v) is 5.81. The molecule has 20 heavy (non-hydrogen) atoms. The molecule has 108 valence electrons. The molecule has 2 aliphatic rings. The van der Waals surface area contributed by atoms with Crippen molar-refractivity contribution in [3.63, 3.8) is 0 Å². The molecule has 0 bridgehead atoms. The van der Waals surface area contributed by atoms with Crippen molar-refractivity contribution in [3.05, 3.63) is 29.3 Å². The Balaban J connectivity index is 1.67. The van der Waals surface area contributed by atoms with Crippen molar-refractivity contribution in [2.45, 2.75) is 57.3 Å². The van der Waals surface area contributed by atoms with Gasteiger partial charge in [0.15, 0.2) is 6.10 Å². The lowest BCUT2D eigenvalue weighted by molar-refractivity contribution is -0.127. The molecule has 4 heteroatoms. The highest BCUT2D eigenvalue weighted by Gasteiger charge is 2.26. The maximum absolute atomic E-state index is 11.9. The van der Waals surface area contributed by atoms with Crippen molar-refractivity contribution >= 4 is 5.91 Å². The van der Waals surface area contributed by atoms with Crippen LogP contribution in [0.5, 0.6) is 5.75 Å². The van der Waals surface area contributed by atoms with E-state index in [-0.39, 0.29) is 5.91 Å².